The number of nitro benzene ring substituents is 1. The maximum Gasteiger partial charge on any atom is 0.325 e. The zero-order valence-electron chi connectivity index (χ0n) is 12.8. The molecule has 0 radical (unpaired) electrons. The Morgan fingerprint density at radius 2 is 1.88 bits per heavy atom. The number of anilines is 2. The highest BCUT2D eigenvalue weighted by atomic mass is 35.5. The van der Waals surface area contributed by atoms with Gasteiger partial charge < -0.3 is 5.32 Å². The number of carbonyl (C=O) groups is 1. The molecule has 0 aliphatic heterocycles. The number of nitrogens with one attached hydrogen (secondary N) is 2. The minimum atomic E-state index is -0.650. The Morgan fingerprint density at radius 3 is 2.58 bits per heavy atom. The second-order valence-corrected chi connectivity index (χ2v) is 6.31. The molecule has 0 atom stereocenters. The lowest BCUT2D eigenvalue weighted by Gasteiger charge is -2.05. The second-order valence-electron chi connectivity index (χ2n) is 4.92. The van der Waals surface area contributed by atoms with Gasteiger partial charge in [0.05, 0.1) is 4.92 Å². The van der Waals surface area contributed by atoms with Crippen molar-refractivity contribution in [1.82, 2.24) is 10.2 Å². The maximum absolute atomic E-state index is 12.9. The van der Waals surface area contributed by atoms with Crippen molar-refractivity contribution < 1.29 is 14.1 Å². The number of urea groups is 1. The van der Waals surface area contributed by atoms with Crippen LogP contribution in [-0.2, 0) is 0 Å². The van der Waals surface area contributed by atoms with Gasteiger partial charge in [-0.25, -0.2) is 9.18 Å². The molecule has 3 rings (SSSR count). The third-order valence-electron chi connectivity index (χ3n) is 3.14. The molecule has 132 valence electrons. The smallest absolute Gasteiger partial charge is 0.307 e. The number of amides is 2. The van der Waals surface area contributed by atoms with Gasteiger partial charge in [-0.3, -0.25) is 15.4 Å². The van der Waals surface area contributed by atoms with Crippen LogP contribution < -0.4 is 10.6 Å². The van der Waals surface area contributed by atoms with Crippen LogP contribution in [0.5, 0.6) is 0 Å². The Hall–Kier alpha value is -3.11. The summed E-state index contributed by atoms with van der Waals surface area (Å²) < 4.78 is 12.9. The summed E-state index contributed by atoms with van der Waals surface area (Å²) in [4.78, 5) is 22.2. The van der Waals surface area contributed by atoms with Crippen molar-refractivity contribution >= 4 is 45.5 Å². The van der Waals surface area contributed by atoms with E-state index < -0.39 is 11.0 Å². The van der Waals surface area contributed by atoms with Gasteiger partial charge in [-0.1, -0.05) is 22.9 Å². The van der Waals surface area contributed by atoms with Crippen molar-refractivity contribution in [3.05, 3.63) is 63.4 Å². The summed E-state index contributed by atoms with van der Waals surface area (Å²) in [6.45, 7) is 0. The molecule has 2 amide bonds. The topological polar surface area (TPSA) is 110 Å². The molecule has 2 N–H and O–H groups in total. The molecule has 2 aromatic carbocycles. The van der Waals surface area contributed by atoms with E-state index in [2.05, 4.69) is 20.8 Å². The van der Waals surface area contributed by atoms with Gasteiger partial charge in [0.1, 0.15) is 15.8 Å². The van der Waals surface area contributed by atoms with Crippen molar-refractivity contribution in [3.8, 4) is 10.6 Å². The molecule has 0 saturated carbocycles. The van der Waals surface area contributed by atoms with Crippen molar-refractivity contribution in [2.75, 3.05) is 10.6 Å². The Bertz CT molecular complexity index is 980. The van der Waals surface area contributed by atoms with E-state index in [-0.39, 0.29) is 27.3 Å². The summed E-state index contributed by atoms with van der Waals surface area (Å²) in [7, 11) is 0. The highest BCUT2D eigenvalue weighted by Crippen LogP contribution is 2.28. The van der Waals surface area contributed by atoms with E-state index in [1.807, 2.05) is 0 Å². The summed E-state index contributed by atoms with van der Waals surface area (Å²) in [5.41, 5.74) is 0.534. The highest BCUT2D eigenvalue weighted by Gasteiger charge is 2.15. The first kappa shape index (κ1) is 17.7. The molecule has 3 aromatic rings. The minimum Gasteiger partial charge on any atom is -0.307 e. The van der Waals surface area contributed by atoms with Crippen LogP contribution in [0.4, 0.5) is 25.7 Å². The molecule has 1 aromatic heterocycles. The summed E-state index contributed by atoms with van der Waals surface area (Å²) in [6.07, 6.45) is 0. The van der Waals surface area contributed by atoms with Gasteiger partial charge in [0, 0.05) is 17.3 Å². The van der Waals surface area contributed by atoms with Gasteiger partial charge in [0.25, 0.3) is 5.69 Å². The number of halogens is 2. The lowest BCUT2D eigenvalue weighted by Crippen LogP contribution is -2.19. The van der Waals surface area contributed by atoms with Crippen LogP contribution in [0.2, 0.25) is 5.02 Å². The lowest BCUT2D eigenvalue weighted by atomic mass is 10.2. The number of hydrogen-bond acceptors (Lipinski definition) is 6. The molecule has 0 saturated heterocycles. The highest BCUT2D eigenvalue weighted by molar-refractivity contribution is 7.18. The Kier molecular flexibility index (Phi) is 5.05. The van der Waals surface area contributed by atoms with Crippen LogP contribution in [0, 0.1) is 15.9 Å². The molecule has 8 nitrogen and oxygen atoms in total. The fraction of sp³-hybridized carbons (Fsp3) is 0. The van der Waals surface area contributed by atoms with E-state index in [0.29, 0.717) is 10.6 Å². The Balaban J connectivity index is 1.68. The molecular weight excluding hydrogens is 385 g/mol. The number of aromatic nitrogens is 2. The van der Waals surface area contributed by atoms with Gasteiger partial charge >= 0.3 is 6.03 Å². The van der Waals surface area contributed by atoms with E-state index in [1.54, 1.807) is 12.1 Å². The fourth-order valence-corrected chi connectivity index (χ4v) is 2.90. The zero-order chi connectivity index (χ0) is 18.7. The van der Waals surface area contributed by atoms with Crippen LogP contribution >= 0.6 is 22.9 Å². The number of hydrogen-bond donors (Lipinski definition) is 2. The van der Waals surface area contributed by atoms with Gasteiger partial charge in [-0.2, -0.15) is 0 Å². The molecule has 0 aliphatic rings. The van der Waals surface area contributed by atoms with E-state index in [1.165, 1.54) is 24.3 Å². The van der Waals surface area contributed by atoms with Crippen LogP contribution in [0.1, 0.15) is 0 Å². The van der Waals surface area contributed by atoms with Crippen LogP contribution in [-0.4, -0.2) is 21.2 Å². The minimum absolute atomic E-state index is 0.0333. The standard InChI is InChI=1S/C15H9ClFN5O3S/c16-11-6-5-10(7-12(11)22(24)25)18-14(23)19-15-21-20-13(26-15)8-1-3-9(17)4-2-8/h1-7H,(H2,18,19,21,23). The Labute approximate surface area is 154 Å². The van der Waals surface area contributed by atoms with Crippen molar-refractivity contribution in [2.45, 2.75) is 0 Å². The largest absolute Gasteiger partial charge is 0.325 e. The van der Waals surface area contributed by atoms with E-state index in [0.717, 1.165) is 17.4 Å². The number of rotatable bonds is 4. The summed E-state index contributed by atoms with van der Waals surface area (Å²) in [5, 5.41) is 24.2. The monoisotopic (exact) mass is 393 g/mol. The molecule has 26 heavy (non-hydrogen) atoms. The van der Waals surface area contributed by atoms with Gasteiger partial charge in [0.15, 0.2) is 0 Å². The first-order chi connectivity index (χ1) is 12.4. The van der Waals surface area contributed by atoms with Crippen molar-refractivity contribution in [1.29, 1.82) is 0 Å². The summed E-state index contributed by atoms with van der Waals surface area (Å²) in [5.74, 6) is -0.368. The first-order valence-corrected chi connectivity index (χ1v) is 8.23. The number of nitro groups is 1. The molecule has 0 spiro atoms. The molecule has 0 bridgehead atoms. The predicted octanol–water partition coefficient (Wildman–Crippen LogP) is 4.55. The molecule has 11 heteroatoms. The predicted molar refractivity (Wildman–Crippen MR) is 96.1 cm³/mol. The lowest BCUT2D eigenvalue weighted by molar-refractivity contribution is -0.384. The number of nitrogens with zero attached hydrogens (tertiary/aromatic N) is 3. The zero-order valence-corrected chi connectivity index (χ0v) is 14.3. The van der Waals surface area contributed by atoms with Crippen molar-refractivity contribution in [2.24, 2.45) is 0 Å². The Morgan fingerprint density at radius 1 is 1.15 bits per heavy atom. The third kappa shape index (κ3) is 4.10. The molecule has 0 aliphatic carbocycles. The number of benzene rings is 2. The molecule has 1 heterocycles. The average molecular weight is 394 g/mol. The van der Waals surface area contributed by atoms with Gasteiger partial charge in [-0.15, -0.1) is 10.2 Å². The second kappa shape index (κ2) is 7.42. The van der Waals surface area contributed by atoms with Crippen LogP contribution in [0.25, 0.3) is 10.6 Å². The quantitative estimate of drug-likeness (QED) is 0.499. The summed E-state index contributed by atoms with van der Waals surface area (Å²) in [6, 6.07) is 8.92. The first-order valence-electron chi connectivity index (χ1n) is 7.04. The normalized spacial score (nSPS) is 10.4. The van der Waals surface area contributed by atoms with Gasteiger partial charge in [0.2, 0.25) is 5.13 Å². The van der Waals surface area contributed by atoms with Crippen molar-refractivity contribution in [3.63, 3.8) is 0 Å². The molecule has 0 unspecified atom stereocenters. The third-order valence-corrected chi connectivity index (χ3v) is 4.34. The maximum atomic E-state index is 12.9. The molecule has 0 fully saturated rings. The van der Waals surface area contributed by atoms with E-state index in [9.17, 15) is 19.3 Å². The van der Waals surface area contributed by atoms with Crippen LogP contribution in [0.15, 0.2) is 42.5 Å². The SMILES string of the molecule is O=C(Nc1ccc(Cl)c([N+](=O)[O-])c1)Nc1nnc(-c2ccc(F)cc2)s1. The average Bonchev–Trinajstić information content (AvgIpc) is 3.05. The van der Waals surface area contributed by atoms with E-state index in [4.69, 9.17) is 11.6 Å². The molecular formula is C15H9ClFN5O3S. The fourth-order valence-electron chi connectivity index (χ4n) is 1.97. The van der Waals surface area contributed by atoms with E-state index >= 15 is 0 Å². The van der Waals surface area contributed by atoms with Gasteiger partial charge in [-0.05, 0) is 36.4 Å². The summed E-state index contributed by atoms with van der Waals surface area (Å²) >= 11 is 6.81. The number of carbonyl (C=O) groups excluding carboxylic acids is 1. The van der Waals surface area contributed by atoms with Crippen LogP contribution in [0.3, 0.4) is 0 Å².